The van der Waals surface area contributed by atoms with Gasteiger partial charge in [-0.05, 0) is 38.5 Å². The van der Waals surface area contributed by atoms with Gasteiger partial charge in [-0.25, -0.2) is 13.4 Å². The van der Waals surface area contributed by atoms with Gasteiger partial charge in [-0.15, -0.1) is 0 Å². The van der Waals surface area contributed by atoms with E-state index in [2.05, 4.69) is 4.98 Å². The first-order chi connectivity index (χ1) is 12.8. The van der Waals surface area contributed by atoms with Gasteiger partial charge >= 0.3 is 0 Å². The zero-order valence-electron chi connectivity index (χ0n) is 16.0. The van der Waals surface area contributed by atoms with Crippen molar-refractivity contribution in [2.45, 2.75) is 45.2 Å². The van der Waals surface area contributed by atoms with Gasteiger partial charge in [0.2, 0.25) is 10.0 Å². The van der Waals surface area contributed by atoms with E-state index in [1.165, 1.54) is 4.31 Å². The highest BCUT2D eigenvalue weighted by Crippen LogP contribution is 2.27. The Labute approximate surface area is 160 Å². The molecule has 0 atom stereocenters. The van der Waals surface area contributed by atoms with E-state index in [0.29, 0.717) is 12.4 Å². The summed E-state index contributed by atoms with van der Waals surface area (Å²) >= 11 is 0. The van der Waals surface area contributed by atoms with Crippen LogP contribution in [-0.2, 0) is 16.6 Å². The Hall–Kier alpha value is -2.44. The molecule has 2 aromatic carbocycles. The van der Waals surface area contributed by atoms with Crippen LogP contribution in [0.2, 0.25) is 0 Å². The lowest BCUT2D eigenvalue weighted by molar-refractivity contribution is 0.348. The minimum atomic E-state index is -3.61. The molecule has 6 heteroatoms. The predicted octanol–water partition coefficient (Wildman–Crippen LogP) is 4.56. The monoisotopic (exact) mass is 384 g/mol. The van der Waals surface area contributed by atoms with Crippen molar-refractivity contribution in [2.75, 3.05) is 0 Å². The molecule has 0 unspecified atom stereocenters. The molecule has 5 nitrogen and oxygen atoms in total. The second kappa shape index (κ2) is 7.66. The van der Waals surface area contributed by atoms with Crippen molar-refractivity contribution in [3.63, 3.8) is 0 Å². The highest BCUT2D eigenvalue weighted by Gasteiger charge is 2.27. The quantitative estimate of drug-likeness (QED) is 0.625. The molecule has 0 N–H and O–H groups in total. The largest absolute Gasteiger partial charge is 0.446 e. The Morgan fingerprint density at radius 1 is 1.00 bits per heavy atom. The molecule has 0 bridgehead atoms. The molecule has 27 heavy (non-hydrogen) atoms. The second-order valence-corrected chi connectivity index (χ2v) is 8.68. The molecule has 142 valence electrons. The molecule has 3 aromatic rings. The summed E-state index contributed by atoms with van der Waals surface area (Å²) in [6.07, 6.45) is 0. The van der Waals surface area contributed by atoms with Gasteiger partial charge in [-0.3, -0.25) is 0 Å². The van der Waals surface area contributed by atoms with Gasteiger partial charge in [-0.1, -0.05) is 42.5 Å². The Morgan fingerprint density at radius 2 is 1.63 bits per heavy atom. The molecule has 0 spiro atoms. The molecule has 0 saturated carbocycles. The molecule has 0 amide bonds. The minimum absolute atomic E-state index is 0.157. The van der Waals surface area contributed by atoms with E-state index >= 15 is 0 Å². The number of aromatic nitrogens is 1. The van der Waals surface area contributed by atoms with Gasteiger partial charge in [0.25, 0.3) is 0 Å². The van der Waals surface area contributed by atoms with E-state index in [0.717, 1.165) is 22.6 Å². The summed E-state index contributed by atoms with van der Waals surface area (Å²) in [5.74, 6) is 1.31. The molecule has 0 aliphatic heterocycles. The lowest BCUT2D eigenvalue weighted by Crippen LogP contribution is -2.36. The van der Waals surface area contributed by atoms with Crippen molar-refractivity contribution < 1.29 is 12.8 Å². The van der Waals surface area contributed by atoms with Gasteiger partial charge in [-0.2, -0.15) is 4.31 Å². The van der Waals surface area contributed by atoms with Crippen LogP contribution in [0.3, 0.4) is 0 Å². The van der Waals surface area contributed by atoms with Crippen LogP contribution < -0.4 is 0 Å². The lowest BCUT2D eigenvalue weighted by atomic mass is 10.1. The average Bonchev–Trinajstić information content (AvgIpc) is 2.98. The highest BCUT2D eigenvalue weighted by molar-refractivity contribution is 7.89. The van der Waals surface area contributed by atoms with Gasteiger partial charge in [0.15, 0.2) is 5.89 Å². The molecule has 1 heterocycles. The first-order valence-electron chi connectivity index (χ1n) is 8.89. The first kappa shape index (κ1) is 19.3. The summed E-state index contributed by atoms with van der Waals surface area (Å²) in [4.78, 5) is 4.64. The number of benzene rings is 2. The van der Waals surface area contributed by atoms with Crippen molar-refractivity contribution in [3.8, 4) is 11.3 Å². The van der Waals surface area contributed by atoms with E-state index in [9.17, 15) is 8.42 Å². The summed E-state index contributed by atoms with van der Waals surface area (Å²) in [7, 11) is -3.61. The molecule has 0 aliphatic rings. The summed E-state index contributed by atoms with van der Waals surface area (Å²) < 4.78 is 33.4. The zero-order valence-corrected chi connectivity index (χ0v) is 16.8. The summed E-state index contributed by atoms with van der Waals surface area (Å²) in [5, 5.41) is 0. The Kier molecular flexibility index (Phi) is 5.48. The maximum atomic E-state index is 13.2. The van der Waals surface area contributed by atoms with Crippen molar-refractivity contribution in [1.82, 2.24) is 9.29 Å². The number of sulfonamides is 1. The van der Waals surface area contributed by atoms with Crippen molar-refractivity contribution in [3.05, 3.63) is 71.8 Å². The van der Waals surface area contributed by atoms with Gasteiger partial charge in [0.1, 0.15) is 11.5 Å². The van der Waals surface area contributed by atoms with Gasteiger partial charge < -0.3 is 4.42 Å². The van der Waals surface area contributed by atoms with Crippen LogP contribution >= 0.6 is 0 Å². The fourth-order valence-electron chi connectivity index (χ4n) is 3.03. The van der Waals surface area contributed by atoms with Crippen molar-refractivity contribution in [1.29, 1.82) is 0 Å². The number of nitrogens with zero attached hydrogens (tertiary/aromatic N) is 2. The number of hydrogen-bond acceptors (Lipinski definition) is 4. The zero-order chi connectivity index (χ0) is 19.6. The van der Waals surface area contributed by atoms with Crippen LogP contribution in [0.25, 0.3) is 11.3 Å². The van der Waals surface area contributed by atoms with E-state index in [-0.39, 0.29) is 10.9 Å². The van der Waals surface area contributed by atoms with E-state index in [1.54, 1.807) is 31.2 Å². The molecule has 0 radical (unpaired) electrons. The number of rotatable bonds is 6. The average molecular weight is 385 g/mol. The summed E-state index contributed by atoms with van der Waals surface area (Å²) in [6.45, 7) is 7.75. The Morgan fingerprint density at radius 3 is 2.15 bits per heavy atom. The van der Waals surface area contributed by atoms with E-state index in [1.807, 2.05) is 51.1 Å². The van der Waals surface area contributed by atoms with Crippen LogP contribution in [0.4, 0.5) is 0 Å². The van der Waals surface area contributed by atoms with Crippen LogP contribution in [0.5, 0.6) is 0 Å². The smallest absolute Gasteiger partial charge is 0.243 e. The number of aryl methyl sites for hydroxylation is 2. The predicted molar refractivity (Wildman–Crippen MR) is 106 cm³/mol. The SMILES string of the molecule is Cc1nc(-c2ccc(S(=O)(=O)N(Cc3ccccc3)C(C)C)cc2)c(C)o1. The van der Waals surface area contributed by atoms with Crippen molar-refractivity contribution >= 4 is 10.0 Å². The van der Waals surface area contributed by atoms with Gasteiger partial charge in [0.05, 0.1) is 4.90 Å². The fourth-order valence-corrected chi connectivity index (χ4v) is 4.65. The standard InChI is InChI=1S/C21H24N2O3S/c1-15(2)23(14-18-8-6-5-7-9-18)27(24,25)20-12-10-19(11-13-20)21-16(3)26-17(4)22-21/h5-13,15H,14H2,1-4H3. The molecule has 0 fully saturated rings. The molecule has 3 rings (SSSR count). The number of hydrogen-bond donors (Lipinski definition) is 0. The Balaban J connectivity index is 1.91. The maximum absolute atomic E-state index is 13.2. The lowest BCUT2D eigenvalue weighted by Gasteiger charge is -2.26. The van der Waals surface area contributed by atoms with Gasteiger partial charge in [0, 0.05) is 25.1 Å². The summed E-state index contributed by atoms with van der Waals surface area (Å²) in [5.41, 5.74) is 2.53. The molecular formula is C21H24N2O3S. The third-order valence-corrected chi connectivity index (χ3v) is 6.43. The third kappa shape index (κ3) is 4.12. The van der Waals surface area contributed by atoms with Crippen molar-refractivity contribution in [2.24, 2.45) is 0 Å². The topological polar surface area (TPSA) is 63.4 Å². The highest BCUT2D eigenvalue weighted by atomic mass is 32.2. The van der Waals surface area contributed by atoms with Crippen LogP contribution in [0, 0.1) is 13.8 Å². The molecule has 0 saturated heterocycles. The number of oxazole rings is 1. The fraction of sp³-hybridized carbons (Fsp3) is 0.286. The van der Waals surface area contributed by atoms with Crippen LogP contribution in [0.1, 0.15) is 31.1 Å². The normalized spacial score (nSPS) is 12.1. The first-order valence-corrected chi connectivity index (χ1v) is 10.3. The van der Waals surface area contributed by atoms with E-state index in [4.69, 9.17) is 4.42 Å². The van der Waals surface area contributed by atoms with Crippen LogP contribution in [0.15, 0.2) is 63.9 Å². The third-order valence-electron chi connectivity index (χ3n) is 4.40. The summed E-state index contributed by atoms with van der Waals surface area (Å²) in [6, 6.07) is 16.3. The second-order valence-electron chi connectivity index (χ2n) is 6.79. The maximum Gasteiger partial charge on any atom is 0.243 e. The van der Waals surface area contributed by atoms with E-state index < -0.39 is 10.0 Å². The molecular weight excluding hydrogens is 360 g/mol. The van der Waals surface area contributed by atoms with Crippen LogP contribution in [-0.4, -0.2) is 23.7 Å². The molecule has 0 aliphatic carbocycles. The Bertz CT molecular complexity index is 1010. The minimum Gasteiger partial charge on any atom is -0.446 e. The molecule has 1 aromatic heterocycles.